The number of carbonyl (C=O) groups excluding carboxylic acids is 1. The molecule has 4 heteroatoms. The molecule has 0 aromatic heterocycles. The molecule has 102 valence electrons. The van der Waals surface area contributed by atoms with Crippen LogP contribution in [0.1, 0.15) is 22.3 Å². The standard InChI is InChI=1S/C16H13F2NO/c1-11-2-4-12(5-3-11)16(20)8-9-19-15-7-6-13(17)10-14(15)18/h2-7,9-10H,8H2,1H3. The van der Waals surface area contributed by atoms with Gasteiger partial charge >= 0.3 is 0 Å². The summed E-state index contributed by atoms with van der Waals surface area (Å²) in [5.41, 5.74) is 1.67. The molecular weight excluding hydrogens is 260 g/mol. The highest BCUT2D eigenvalue weighted by molar-refractivity contribution is 6.03. The van der Waals surface area contributed by atoms with Gasteiger partial charge in [-0.25, -0.2) is 8.78 Å². The molecule has 0 aliphatic carbocycles. The first kappa shape index (κ1) is 14.1. The predicted octanol–water partition coefficient (Wildman–Crippen LogP) is 4.25. The Labute approximate surface area is 115 Å². The fourth-order valence-corrected chi connectivity index (χ4v) is 1.67. The van der Waals surface area contributed by atoms with Crippen molar-refractivity contribution in [2.24, 2.45) is 4.99 Å². The molecule has 0 aliphatic heterocycles. The summed E-state index contributed by atoms with van der Waals surface area (Å²) in [7, 11) is 0. The normalized spacial score (nSPS) is 10.9. The molecule has 20 heavy (non-hydrogen) atoms. The van der Waals surface area contributed by atoms with Gasteiger partial charge in [0.15, 0.2) is 11.6 Å². The van der Waals surface area contributed by atoms with E-state index in [1.54, 1.807) is 12.1 Å². The van der Waals surface area contributed by atoms with Crippen molar-refractivity contribution in [3.63, 3.8) is 0 Å². The lowest BCUT2D eigenvalue weighted by molar-refractivity contribution is 0.100. The Morgan fingerprint density at radius 2 is 1.85 bits per heavy atom. The maximum atomic E-state index is 13.3. The van der Waals surface area contributed by atoms with Crippen LogP contribution in [0.4, 0.5) is 14.5 Å². The summed E-state index contributed by atoms with van der Waals surface area (Å²) in [6.45, 7) is 1.94. The number of ketones is 1. The second-order valence-electron chi connectivity index (χ2n) is 4.40. The zero-order chi connectivity index (χ0) is 14.5. The number of halogens is 2. The first-order valence-corrected chi connectivity index (χ1v) is 6.14. The van der Waals surface area contributed by atoms with E-state index in [0.717, 1.165) is 17.7 Å². The molecule has 0 amide bonds. The van der Waals surface area contributed by atoms with Gasteiger partial charge in [-0.05, 0) is 19.1 Å². The van der Waals surface area contributed by atoms with Gasteiger partial charge in [0.1, 0.15) is 5.82 Å². The summed E-state index contributed by atoms with van der Waals surface area (Å²) >= 11 is 0. The number of hydrogen-bond donors (Lipinski definition) is 0. The maximum absolute atomic E-state index is 13.3. The van der Waals surface area contributed by atoms with Crippen molar-refractivity contribution < 1.29 is 13.6 Å². The number of aryl methyl sites for hydroxylation is 1. The highest BCUT2D eigenvalue weighted by Gasteiger charge is 2.04. The third kappa shape index (κ3) is 3.57. The van der Waals surface area contributed by atoms with Gasteiger partial charge in [-0.3, -0.25) is 9.79 Å². The second-order valence-corrected chi connectivity index (χ2v) is 4.40. The van der Waals surface area contributed by atoms with Crippen molar-refractivity contribution in [1.29, 1.82) is 0 Å². The Morgan fingerprint density at radius 3 is 2.50 bits per heavy atom. The van der Waals surface area contributed by atoms with Crippen LogP contribution in [0.15, 0.2) is 47.5 Å². The molecule has 2 nitrogen and oxygen atoms in total. The number of benzene rings is 2. The van der Waals surface area contributed by atoms with E-state index in [2.05, 4.69) is 4.99 Å². The van der Waals surface area contributed by atoms with Crippen LogP contribution in [0.2, 0.25) is 0 Å². The summed E-state index contributed by atoms with van der Waals surface area (Å²) in [4.78, 5) is 15.7. The van der Waals surface area contributed by atoms with Crippen LogP contribution in [0.3, 0.4) is 0 Å². The van der Waals surface area contributed by atoms with Crippen LogP contribution in [-0.2, 0) is 0 Å². The molecule has 0 aliphatic rings. The number of rotatable bonds is 4. The first-order chi connectivity index (χ1) is 9.56. The van der Waals surface area contributed by atoms with Crippen LogP contribution >= 0.6 is 0 Å². The van der Waals surface area contributed by atoms with Crippen LogP contribution < -0.4 is 0 Å². The lowest BCUT2D eigenvalue weighted by Gasteiger charge is -1.99. The molecule has 0 saturated heterocycles. The summed E-state index contributed by atoms with van der Waals surface area (Å²) in [5.74, 6) is -1.50. The molecule has 0 unspecified atom stereocenters. The van der Waals surface area contributed by atoms with Crippen molar-refractivity contribution >= 4 is 17.7 Å². The van der Waals surface area contributed by atoms with Gasteiger partial charge < -0.3 is 0 Å². The van der Waals surface area contributed by atoms with Crippen LogP contribution in [0.5, 0.6) is 0 Å². The smallest absolute Gasteiger partial charge is 0.168 e. The van der Waals surface area contributed by atoms with E-state index in [1.807, 2.05) is 19.1 Å². The van der Waals surface area contributed by atoms with Gasteiger partial charge in [-0.15, -0.1) is 0 Å². The molecule has 0 atom stereocenters. The Bertz CT molecular complexity index is 648. The molecule has 0 fully saturated rings. The molecule has 0 spiro atoms. The lowest BCUT2D eigenvalue weighted by Crippen LogP contribution is -1.99. The van der Waals surface area contributed by atoms with Crippen LogP contribution in [-0.4, -0.2) is 12.0 Å². The Kier molecular flexibility index (Phi) is 4.35. The van der Waals surface area contributed by atoms with E-state index in [4.69, 9.17) is 0 Å². The molecule has 0 N–H and O–H groups in total. The van der Waals surface area contributed by atoms with E-state index in [9.17, 15) is 13.6 Å². The molecule has 0 saturated carbocycles. The van der Waals surface area contributed by atoms with Crippen molar-refractivity contribution in [3.05, 3.63) is 65.2 Å². The Morgan fingerprint density at radius 1 is 1.15 bits per heavy atom. The minimum absolute atomic E-state index is 0.0168. The van der Waals surface area contributed by atoms with Gasteiger partial charge in [0.2, 0.25) is 0 Å². The number of carbonyl (C=O) groups is 1. The number of aliphatic imine (C=N–C) groups is 1. The molecular formula is C16H13F2NO. The van der Waals surface area contributed by atoms with Crippen molar-refractivity contribution in [1.82, 2.24) is 0 Å². The largest absolute Gasteiger partial charge is 0.294 e. The topological polar surface area (TPSA) is 29.4 Å². The van der Waals surface area contributed by atoms with Gasteiger partial charge in [0, 0.05) is 24.3 Å². The highest BCUT2D eigenvalue weighted by Crippen LogP contribution is 2.18. The monoisotopic (exact) mass is 273 g/mol. The lowest BCUT2D eigenvalue weighted by atomic mass is 10.1. The summed E-state index contributed by atoms with van der Waals surface area (Å²) in [6.07, 6.45) is 1.40. The second kappa shape index (κ2) is 6.19. The van der Waals surface area contributed by atoms with Crippen molar-refractivity contribution in [2.75, 3.05) is 0 Å². The van der Waals surface area contributed by atoms with Gasteiger partial charge in [0.05, 0.1) is 5.69 Å². The SMILES string of the molecule is Cc1ccc(C(=O)CC=Nc2ccc(F)cc2F)cc1. The van der Waals surface area contributed by atoms with E-state index < -0.39 is 11.6 Å². The van der Waals surface area contributed by atoms with Crippen LogP contribution in [0.25, 0.3) is 0 Å². The molecule has 2 rings (SSSR count). The van der Waals surface area contributed by atoms with E-state index >= 15 is 0 Å². The zero-order valence-corrected chi connectivity index (χ0v) is 10.9. The summed E-state index contributed by atoms with van der Waals surface area (Å²) < 4.78 is 26.0. The molecule has 2 aromatic carbocycles. The van der Waals surface area contributed by atoms with Gasteiger partial charge in [-0.1, -0.05) is 29.8 Å². The van der Waals surface area contributed by atoms with Crippen LogP contribution in [0, 0.1) is 18.6 Å². The fraction of sp³-hybridized carbons (Fsp3) is 0.125. The number of nitrogens with zero attached hydrogens (tertiary/aromatic N) is 1. The minimum Gasteiger partial charge on any atom is -0.294 e. The zero-order valence-electron chi connectivity index (χ0n) is 10.9. The third-order valence-electron chi connectivity index (χ3n) is 2.79. The average Bonchev–Trinajstić information content (AvgIpc) is 2.42. The molecule has 2 aromatic rings. The van der Waals surface area contributed by atoms with Crippen molar-refractivity contribution in [2.45, 2.75) is 13.3 Å². The van der Waals surface area contributed by atoms with E-state index in [-0.39, 0.29) is 17.9 Å². The van der Waals surface area contributed by atoms with E-state index in [1.165, 1.54) is 12.3 Å². The predicted molar refractivity (Wildman–Crippen MR) is 74.6 cm³/mol. The Hall–Kier alpha value is -2.36. The summed E-state index contributed by atoms with van der Waals surface area (Å²) in [6, 6.07) is 10.3. The number of Topliss-reactive ketones (excluding diaryl/α,β-unsaturated/α-hetero) is 1. The van der Waals surface area contributed by atoms with E-state index in [0.29, 0.717) is 5.56 Å². The molecule has 0 heterocycles. The van der Waals surface area contributed by atoms with Crippen molar-refractivity contribution in [3.8, 4) is 0 Å². The quantitative estimate of drug-likeness (QED) is 0.605. The van der Waals surface area contributed by atoms with Gasteiger partial charge in [0.25, 0.3) is 0 Å². The minimum atomic E-state index is -0.746. The fourth-order valence-electron chi connectivity index (χ4n) is 1.67. The number of hydrogen-bond acceptors (Lipinski definition) is 2. The summed E-state index contributed by atoms with van der Waals surface area (Å²) in [5, 5.41) is 0. The highest BCUT2D eigenvalue weighted by atomic mass is 19.1. The maximum Gasteiger partial charge on any atom is 0.168 e. The third-order valence-corrected chi connectivity index (χ3v) is 2.79. The molecule has 0 radical (unpaired) electrons. The molecule has 0 bridgehead atoms. The average molecular weight is 273 g/mol. The van der Waals surface area contributed by atoms with Gasteiger partial charge in [-0.2, -0.15) is 0 Å². The Balaban J connectivity index is 2.02. The first-order valence-electron chi connectivity index (χ1n) is 6.14.